The van der Waals surface area contributed by atoms with Gasteiger partial charge in [0.2, 0.25) is 0 Å². The average Bonchev–Trinajstić information content (AvgIpc) is 3.02. The number of nitrogens with zero attached hydrogens (tertiary/aromatic N) is 1. The van der Waals surface area contributed by atoms with Crippen molar-refractivity contribution in [2.24, 2.45) is 0 Å². The van der Waals surface area contributed by atoms with Gasteiger partial charge in [-0.15, -0.1) is 11.3 Å². The van der Waals surface area contributed by atoms with Crippen molar-refractivity contribution >= 4 is 38.3 Å². The SMILES string of the molecule is O=C(OCc1csc2ccccc12)c1cccc2ncccc12. The standard InChI is InChI=1S/C19H13NO2S/c21-19(16-6-3-8-17-15(16)7-4-10-20-17)22-11-13-12-23-18-9-2-1-5-14(13)18/h1-10,12H,11H2. The topological polar surface area (TPSA) is 39.2 Å². The molecular weight excluding hydrogens is 306 g/mol. The predicted octanol–water partition coefficient (Wildman–Crippen LogP) is 4.81. The third-order valence-electron chi connectivity index (χ3n) is 3.79. The largest absolute Gasteiger partial charge is 0.457 e. The first kappa shape index (κ1) is 13.9. The van der Waals surface area contributed by atoms with E-state index in [0.717, 1.165) is 21.9 Å². The van der Waals surface area contributed by atoms with Crippen molar-refractivity contribution in [1.29, 1.82) is 0 Å². The van der Waals surface area contributed by atoms with Crippen LogP contribution >= 0.6 is 11.3 Å². The molecule has 0 aliphatic heterocycles. The van der Waals surface area contributed by atoms with Crippen LogP contribution < -0.4 is 0 Å². The summed E-state index contributed by atoms with van der Waals surface area (Å²) in [5.74, 6) is -0.320. The summed E-state index contributed by atoms with van der Waals surface area (Å²) >= 11 is 1.66. The zero-order valence-electron chi connectivity index (χ0n) is 12.2. The molecular formula is C19H13NO2S. The predicted molar refractivity (Wildman–Crippen MR) is 92.7 cm³/mol. The van der Waals surface area contributed by atoms with E-state index in [9.17, 15) is 4.79 Å². The minimum absolute atomic E-state index is 0.277. The van der Waals surface area contributed by atoms with Crippen LogP contribution in [0.5, 0.6) is 0 Å². The molecule has 3 nitrogen and oxygen atoms in total. The van der Waals surface area contributed by atoms with Gasteiger partial charge in [-0.3, -0.25) is 4.98 Å². The van der Waals surface area contributed by atoms with Gasteiger partial charge >= 0.3 is 5.97 Å². The van der Waals surface area contributed by atoms with Crippen molar-refractivity contribution in [2.45, 2.75) is 6.61 Å². The Kier molecular flexibility index (Phi) is 3.52. The first-order chi connectivity index (χ1) is 11.3. The van der Waals surface area contributed by atoms with E-state index in [0.29, 0.717) is 5.56 Å². The zero-order chi connectivity index (χ0) is 15.6. The number of ether oxygens (including phenoxy) is 1. The number of benzene rings is 2. The molecule has 0 spiro atoms. The highest BCUT2D eigenvalue weighted by Crippen LogP contribution is 2.26. The molecule has 2 aromatic heterocycles. The van der Waals surface area contributed by atoms with Crippen LogP contribution in [-0.4, -0.2) is 11.0 Å². The number of pyridine rings is 1. The Morgan fingerprint density at radius 3 is 2.83 bits per heavy atom. The molecule has 4 rings (SSSR count). The highest BCUT2D eigenvalue weighted by molar-refractivity contribution is 7.17. The van der Waals surface area contributed by atoms with Gasteiger partial charge in [-0.1, -0.05) is 30.3 Å². The highest BCUT2D eigenvalue weighted by atomic mass is 32.1. The molecule has 0 amide bonds. The summed E-state index contributed by atoms with van der Waals surface area (Å²) in [6.45, 7) is 0.277. The number of carbonyl (C=O) groups is 1. The molecule has 0 unspecified atom stereocenters. The van der Waals surface area contributed by atoms with Crippen molar-refractivity contribution in [1.82, 2.24) is 4.98 Å². The smallest absolute Gasteiger partial charge is 0.339 e. The van der Waals surface area contributed by atoms with Gasteiger partial charge in [0.05, 0.1) is 11.1 Å². The molecule has 2 heterocycles. The second kappa shape index (κ2) is 5.82. The second-order valence-electron chi connectivity index (χ2n) is 5.21. The van der Waals surface area contributed by atoms with Crippen LogP contribution in [0.15, 0.2) is 66.2 Å². The molecule has 0 aliphatic rings. The minimum Gasteiger partial charge on any atom is -0.457 e. The molecule has 0 fully saturated rings. The number of aromatic nitrogens is 1. The Morgan fingerprint density at radius 2 is 1.87 bits per heavy atom. The first-order valence-electron chi connectivity index (χ1n) is 7.29. The maximum atomic E-state index is 12.4. The Balaban J connectivity index is 1.60. The molecule has 0 bridgehead atoms. The fraction of sp³-hybridized carbons (Fsp3) is 0.0526. The third kappa shape index (κ3) is 2.58. The van der Waals surface area contributed by atoms with Crippen LogP contribution in [-0.2, 0) is 11.3 Å². The lowest BCUT2D eigenvalue weighted by Gasteiger charge is -2.07. The molecule has 0 saturated heterocycles. The van der Waals surface area contributed by atoms with E-state index in [2.05, 4.69) is 17.1 Å². The summed E-state index contributed by atoms with van der Waals surface area (Å²) < 4.78 is 6.73. The van der Waals surface area contributed by atoms with E-state index in [-0.39, 0.29) is 12.6 Å². The van der Waals surface area contributed by atoms with Gasteiger partial charge in [0.1, 0.15) is 6.61 Å². The normalized spacial score (nSPS) is 11.0. The van der Waals surface area contributed by atoms with E-state index in [4.69, 9.17) is 4.74 Å². The summed E-state index contributed by atoms with van der Waals surface area (Å²) in [7, 11) is 0. The van der Waals surface area contributed by atoms with Crippen molar-refractivity contribution in [3.8, 4) is 0 Å². The summed E-state index contributed by atoms with van der Waals surface area (Å²) in [4.78, 5) is 16.7. The maximum Gasteiger partial charge on any atom is 0.339 e. The van der Waals surface area contributed by atoms with Crippen LogP contribution in [0.4, 0.5) is 0 Å². The van der Waals surface area contributed by atoms with Gasteiger partial charge in [0.15, 0.2) is 0 Å². The van der Waals surface area contributed by atoms with Crippen LogP contribution in [0.3, 0.4) is 0 Å². The molecule has 112 valence electrons. The number of thiophene rings is 1. The minimum atomic E-state index is -0.320. The quantitative estimate of drug-likeness (QED) is 0.509. The lowest BCUT2D eigenvalue weighted by atomic mass is 10.1. The molecule has 2 aromatic carbocycles. The average molecular weight is 319 g/mol. The molecule has 23 heavy (non-hydrogen) atoms. The molecule has 4 aromatic rings. The molecule has 0 aliphatic carbocycles. The van der Waals surface area contributed by atoms with Crippen molar-refractivity contribution in [3.63, 3.8) is 0 Å². The molecule has 4 heteroatoms. The highest BCUT2D eigenvalue weighted by Gasteiger charge is 2.13. The van der Waals surface area contributed by atoms with Crippen molar-refractivity contribution in [3.05, 3.63) is 77.3 Å². The fourth-order valence-electron chi connectivity index (χ4n) is 2.65. The Bertz CT molecular complexity index is 1000. The number of hydrogen-bond acceptors (Lipinski definition) is 4. The lowest BCUT2D eigenvalue weighted by molar-refractivity contribution is 0.0477. The van der Waals surface area contributed by atoms with Gasteiger partial charge in [-0.05, 0) is 35.0 Å². The van der Waals surface area contributed by atoms with Gasteiger partial charge in [-0.25, -0.2) is 4.79 Å². The number of esters is 1. The number of carbonyl (C=O) groups excluding carboxylic acids is 1. The summed E-state index contributed by atoms with van der Waals surface area (Å²) in [5, 5.41) is 4.00. The van der Waals surface area contributed by atoms with Crippen LogP contribution in [0.25, 0.3) is 21.0 Å². The van der Waals surface area contributed by atoms with Gasteiger partial charge in [-0.2, -0.15) is 0 Å². The second-order valence-corrected chi connectivity index (χ2v) is 6.12. The zero-order valence-corrected chi connectivity index (χ0v) is 13.0. The van der Waals surface area contributed by atoms with Gasteiger partial charge in [0.25, 0.3) is 0 Å². The lowest BCUT2D eigenvalue weighted by Crippen LogP contribution is -2.05. The van der Waals surface area contributed by atoms with Crippen LogP contribution in [0, 0.1) is 0 Å². The Labute approximate surface area is 137 Å². The molecule has 0 atom stereocenters. The van der Waals surface area contributed by atoms with Crippen molar-refractivity contribution < 1.29 is 9.53 Å². The van der Waals surface area contributed by atoms with E-state index < -0.39 is 0 Å². The monoisotopic (exact) mass is 319 g/mol. The number of fused-ring (bicyclic) bond motifs is 2. The molecule has 0 radical (unpaired) electrons. The Hall–Kier alpha value is -2.72. The number of hydrogen-bond donors (Lipinski definition) is 0. The summed E-state index contributed by atoms with van der Waals surface area (Å²) in [6, 6.07) is 17.3. The first-order valence-corrected chi connectivity index (χ1v) is 8.17. The van der Waals surface area contributed by atoms with Crippen molar-refractivity contribution in [2.75, 3.05) is 0 Å². The van der Waals surface area contributed by atoms with Gasteiger partial charge in [0, 0.05) is 21.8 Å². The van der Waals surface area contributed by atoms with E-state index >= 15 is 0 Å². The van der Waals surface area contributed by atoms with Gasteiger partial charge < -0.3 is 4.74 Å². The van der Waals surface area contributed by atoms with Crippen LogP contribution in [0.2, 0.25) is 0 Å². The fourth-order valence-corrected chi connectivity index (χ4v) is 3.59. The third-order valence-corrected chi connectivity index (χ3v) is 4.80. The van der Waals surface area contributed by atoms with E-state index in [1.807, 2.05) is 41.8 Å². The van der Waals surface area contributed by atoms with E-state index in [1.165, 1.54) is 4.70 Å². The molecule has 0 saturated carbocycles. The van der Waals surface area contributed by atoms with Crippen LogP contribution in [0.1, 0.15) is 15.9 Å². The maximum absolute atomic E-state index is 12.4. The summed E-state index contributed by atoms with van der Waals surface area (Å²) in [5.41, 5.74) is 2.38. The molecule has 0 N–H and O–H groups in total. The number of rotatable bonds is 3. The van der Waals surface area contributed by atoms with E-state index in [1.54, 1.807) is 23.6 Å². The Morgan fingerprint density at radius 1 is 1.00 bits per heavy atom. The summed E-state index contributed by atoms with van der Waals surface area (Å²) in [6.07, 6.45) is 1.72.